The molecule has 1 spiro atoms. The molecule has 3 rings (SSSR count). The molecule has 0 unspecified atom stereocenters. The largest absolute Gasteiger partial charge is 0.357 e. The third kappa shape index (κ3) is 5.11. The fourth-order valence-electron chi connectivity index (χ4n) is 4.71. The summed E-state index contributed by atoms with van der Waals surface area (Å²) in [5.74, 6) is 1.85. The van der Waals surface area contributed by atoms with E-state index < -0.39 is 0 Å². The van der Waals surface area contributed by atoms with Gasteiger partial charge in [-0.05, 0) is 50.4 Å². The molecule has 0 aromatic heterocycles. The van der Waals surface area contributed by atoms with Gasteiger partial charge in [0.05, 0.1) is 6.54 Å². The summed E-state index contributed by atoms with van der Waals surface area (Å²) >= 11 is 0. The van der Waals surface area contributed by atoms with Crippen molar-refractivity contribution in [3.05, 3.63) is 0 Å². The zero-order valence-electron chi connectivity index (χ0n) is 16.0. The molecule has 25 heavy (non-hydrogen) atoms. The number of nitrogens with zero attached hydrogens (tertiary/aromatic N) is 2. The summed E-state index contributed by atoms with van der Waals surface area (Å²) in [6.07, 6.45) is 12.6. The molecule has 1 amide bonds. The fraction of sp³-hybridized carbons (Fsp3) is 0.900. The van der Waals surface area contributed by atoms with Crippen molar-refractivity contribution < 1.29 is 4.79 Å². The molecule has 1 heterocycles. The number of carbonyl (C=O) groups is 1. The minimum Gasteiger partial charge on any atom is -0.357 e. The van der Waals surface area contributed by atoms with Crippen LogP contribution in [0.1, 0.15) is 71.1 Å². The molecule has 3 fully saturated rings. The first-order valence-corrected chi connectivity index (χ1v) is 10.5. The SMILES string of the molecule is CCNC(=NCCNC(=O)CC1CCCCC1)N1CCC2(CCC2)C1. The van der Waals surface area contributed by atoms with E-state index in [4.69, 9.17) is 4.99 Å². The quantitative estimate of drug-likeness (QED) is 0.441. The summed E-state index contributed by atoms with van der Waals surface area (Å²) in [6.45, 7) is 6.63. The molecule has 0 bridgehead atoms. The van der Waals surface area contributed by atoms with Crippen LogP contribution in [0.5, 0.6) is 0 Å². The first-order valence-electron chi connectivity index (χ1n) is 10.5. The number of hydrogen-bond acceptors (Lipinski definition) is 2. The Bertz CT molecular complexity index is 466. The third-order valence-corrected chi connectivity index (χ3v) is 6.38. The average molecular weight is 349 g/mol. The third-order valence-electron chi connectivity index (χ3n) is 6.38. The summed E-state index contributed by atoms with van der Waals surface area (Å²) < 4.78 is 0. The zero-order valence-corrected chi connectivity index (χ0v) is 16.0. The molecule has 2 aliphatic carbocycles. The topological polar surface area (TPSA) is 56.7 Å². The van der Waals surface area contributed by atoms with E-state index >= 15 is 0 Å². The van der Waals surface area contributed by atoms with Gasteiger partial charge in [0.15, 0.2) is 5.96 Å². The molecule has 0 aromatic rings. The number of hydrogen-bond donors (Lipinski definition) is 2. The number of amides is 1. The van der Waals surface area contributed by atoms with Gasteiger partial charge in [-0.25, -0.2) is 0 Å². The molecule has 0 atom stereocenters. The van der Waals surface area contributed by atoms with Crippen molar-refractivity contribution in [3.63, 3.8) is 0 Å². The van der Waals surface area contributed by atoms with Crippen molar-refractivity contribution >= 4 is 11.9 Å². The van der Waals surface area contributed by atoms with Crippen LogP contribution in [-0.4, -0.2) is 49.5 Å². The highest BCUT2D eigenvalue weighted by atomic mass is 16.1. The molecular formula is C20H36N4O. The van der Waals surface area contributed by atoms with E-state index in [1.165, 1.54) is 57.8 Å². The predicted molar refractivity (Wildman–Crippen MR) is 103 cm³/mol. The van der Waals surface area contributed by atoms with Gasteiger partial charge >= 0.3 is 0 Å². The second kappa shape index (κ2) is 8.91. The monoisotopic (exact) mass is 348 g/mol. The second-order valence-corrected chi connectivity index (χ2v) is 8.32. The van der Waals surface area contributed by atoms with Gasteiger partial charge in [-0.1, -0.05) is 25.7 Å². The van der Waals surface area contributed by atoms with Gasteiger partial charge in [0.25, 0.3) is 0 Å². The summed E-state index contributed by atoms with van der Waals surface area (Å²) in [5.41, 5.74) is 0.588. The maximum atomic E-state index is 12.1. The number of guanidine groups is 1. The van der Waals surface area contributed by atoms with Crippen LogP contribution in [-0.2, 0) is 4.79 Å². The molecule has 0 aromatic carbocycles. The van der Waals surface area contributed by atoms with Gasteiger partial charge in [0.2, 0.25) is 5.91 Å². The Kier molecular flexibility index (Phi) is 6.60. The lowest BCUT2D eigenvalue weighted by Crippen LogP contribution is -2.43. The molecule has 5 heteroatoms. The normalized spacial score (nSPS) is 23.6. The van der Waals surface area contributed by atoms with E-state index in [2.05, 4.69) is 22.5 Å². The number of nitrogens with one attached hydrogen (secondary N) is 2. The Balaban J connectivity index is 1.38. The molecule has 0 radical (unpaired) electrons. The highest BCUT2D eigenvalue weighted by Gasteiger charge is 2.43. The average Bonchev–Trinajstić information content (AvgIpc) is 3.04. The number of likely N-dealkylation sites (tertiary alicyclic amines) is 1. The van der Waals surface area contributed by atoms with E-state index in [-0.39, 0.29) is 5.91 Å². The van der Waals surface area contributed by atoms with Crippen LogP contribution in [0, 0.1) is 11.3 Å². The van der Waals surface area contributed by atoms with E-state index in [0.717, 1.165) is 25.6 Å². The first kappa shape index (κ1) is 18.5. The van der Waals surface area contributed by atoms with Gasteiger partial charge in [0.1, 0.15) is 0 Å². The van der Waals surface area contributed by atoms with Crippen molar-refractivity contribution in [2.45, 2.75) is 71.1 Å². The van der Waals surface area contributed by atoms with Gasteiger partial charge in [0, 0.05) is 32.6 Å². The van der Waals surface area contributed by atoms with Gasteiger partial charge in [-0.15, -0.1) is 0 Å². The van der Waals surface area contributed by atoms with Crippen LogP contribution >= 0.6 is 0 Å². The lowest BCUT2D eigenvalue weighted by atomic mass is 9.68. The summed E-state index contributed by atoms with van der Waals surface area (Å²) in [7, 11) is 0. The molecule has 5 nitrogen and oxygen atoms in total. The maximum Gasteiger partial charge on any atom is 0.220 e. The summed E-state index contributed by atoms with van der Waals surface area (Å²) in [6, 6.07) is 0. The molecule has 2 N–H and O–H groups in total. The Morgan fingerprint density at radius 1 is 1.12 bits per heavy atom. The van der Waals surface area contributed by atoms with Crippen molar-refractivity contribution in [2.24, 2.45) is 16.3 Å². The van der Waals surface area contributed by atoms with Crippen LogP contribution in [0.3, 0.4) is 0 Å². The Hall–Kier alpha value is -1.26. The van der Waals surface area contributed by atoms with Gasteiger partial charge in [-0.3, -0.25) is 9.79 Å². The number of rotatable bonds is 6. The zero-order chi connectivity index (χ0) is 17.5. The van der Waals surface area contributed by atoms with Gasteiger partial charge < -0.3 is 15.5 Å². The van der Waals surface area contributed by atoms with Crippen LogP contribution in [0.2, 0.25) is 0 Å². The van der Waals surface area contributed by atoms with Crippen LogP contribution < -0.4 is 10.6 Å². The van der Waals surface area contributed by atoms with Crippen molar-refractivity contribution in [3.8, 4) is 0 Å². The van der Waals surface area contributed by atoms with Crippen molar-refractivity contribution in [1.29, 1.82) is 0 Å². The summed E-state index contributed by atoms with van der Waals surface area (Å²) in [5, 5.41) is 6.49. The van der Waals surface area contributed by atoms with Crippen LogP contribution in [0.25, 0.3) is 0 Å². The van der Waals surface area contributed by atoms with Crippen molar-refractivity contribution in [2.75, 3.05) is 32.7 Å². The minimum atomic E-state index is 0.210. The standard InChI is InChI=1S/C20H36N4O/c1-2-21-19(24-14-11-20(16-24)9-6-10-20)23-13-12-22-18(25)15-17-7-4-3-5-8-17/h17H,2-16H2,1H3,(H,21,23)(H,22,25). The second-order valence-electron chi connectivity index (χ2n) is 8.32. The molecule has 1 aliphatic heterocycles. The van der Waals surface area contributed by atoms with Crippen LogP contribution in [0.4, 0.5) is 0 Å². The van der Waals surface area contributed by atoms with E-state index in [1.54, 1.807) is 0 Å². The Morgan fingerprint density at radius 2 is 1.92 bits per heavy atom. The first-order chi connectivity index (χ1) is 12.2. The smallest absolute Gasteiger partial charge is 0.220 e. The Morgan fingerprint density at radius 3 is 2.56 bits per heavy atom. The lowest BCUT2D eigenvalue weighted by Gasteiger charge is -2.38. The van der Waals surface area contributed by atoms with Crippen LogP contribution in [0.15, 0.2) is 4.99 Å². The maximum absolute atomic E-state index is 12.1. The lowest BCUT2D eigenvalue weighted by molar-refractivity contribution is -0.122. The number of aliphatic imine (C=N–C) groups is 1. The van der Waals surface area contributed by atoms with E-state index in [1.807, 2.05) is 0 Å². The molecular weight excluding hydrogens is 312 g/mol. The summed E-state index contributed by atoms with van der Waals surface area (Å²) in [4.78, 5) is 19.3. The van der Waals surface area contributed by atoms with Crippen molar-refractivity contribution in [1.82, 2.24) is 15.5 Å². The molecule has 3 aliphatic rings. The molecule has 1 saturated heterocycles. The Labute approximate surface area is 153 Å². The highest BCUT2D eigenvalue weighted by Crippen LogP contribution is 2.47. The molecule has 142 valence electrons. The van der Waals surface area contributed by atoms with Gasteiger partial charge in [-0.2, -0.15) is 0 Å². The molecule has 2 saturated carbocycles. The highest BCUT2D eigenvalue weighted by molar-refractivity contribution is 5.80. The van der Waals surface area contributed by atoms with E-state index in [0.29, 0.717) is 30.8 Å². The fourth-order valence-corrected chi connectivity index (χ4v) is 4.71. The predicted octanol–water partition coefficient (Wildman–Crippen LogP) is 2.91. The number of carbonyl (C=O) groups excluding carboxylic acids is 1. The minimum absolute atomic E-state index is 0.210. The van der Waals surface area contributed by atoms with E-state index in [9.17, 15) is 4.79 Å².